The zero-order valence-corrected chi connectivity index (χ0v) is 12.3. The van der Waals surface area contributed by atoms with Crippen molar-refractivity contribution >= 4 is 21.9 Å². The van der Waals surface area contributed by atoms with Gasteiger partial charge < -0.3 is 14.1 Å². The number of amides is 1. The predicted molar refractivity (Wildman–Crippen MR) is 70.8 cm³/mol. The fourth-order valence-electron chi connectivity index (χ4n) is 2.29. The number of nitrogens with two attached hydrogens (primary N) is 1. The number of primary sulfonamides is 1. The molecule has 2 heterocycles. The molecule has 0 radical (unpaired) electrons. The van der Waals surface area contributed by atoms with Crippen LogP contribution >= 0.6 is 0 Å². The maximum Gasteiger partial charge on any atom is 0.328 e. The van der Waals surface area contributed by atoms with Crippen molar-refractivity contribution in [2.75, 3.05) is 13.7 Å². The first-order chi connectivity index (χ1) is 9.84. The van der Waals surface area contributed by atoms with E-state index in [0.717, 1.165) is 18.9 Å². The summed E-state index contributed by atoms with van der Waals surface area (Å²) in [5, 5.41) is 4.44. The molecule has 2 rings (SSSR count). The standard InChI is InChI=1S/C12H16N2O6S/c1-19-12(16)8-4-2-3-7-14(8)11(15)9-5-6-10(20-9)21(13,17)18/h5-6,8H,2-4,7H2,1H3,(H2,13,17,18). The molecule has 0 bridgehead atoms. The summed E-state index contributed by atoms with van der Waals surface area (Å²) in [5.41, 5.74) is 0. The molecule has 1 saturated heterocycles. The zero-order valence-electron chi connectivity index (χ0n) is 11.4. The molecule has 1 unspecified atom stereocenters. The number of rotatable bonds is 3. The van der Waals surface area contributed by atoms with Crippen LogP contribution in [0.2, 0.25) is 0 Å². The fraction of sp³-hybridized carbons (Fsp3) is 0.500. The van der Waals surface area contributed by atoms with Crippen molar-refractivity contribution < 1.29 is 27.2 Å². The van der Waals surface area contributed by atoms with Crippen molar-refractivity contribution in [3.8, 4) is 0 Å². The summed E-state index contributed by atoms with van der Waals surface area (Å²) in [7, 11) is -2.75. The molecule has 1 aliphatic heterocycles. The molecule has 1 aromatic rings. The molecule has 9 heteroatoms. The van der Waals surface area contributed by atoms with Gasteiger partial charge in [0, 0.05) is 6.54 Å². The minimum absolute atomic E-state index is 0.171. The summed E-state index contributed by atoms with van der Waals surface area (Å²) in [6, 6.07) is 1.66. The number of nitrogens with zero attached hydrogens (tertiary/aromatic N) is 1. The number of hydrogen-bond acceptors (Lipinski definition) is 6. The van der Waals surface area contributed by atoms with Gasteiger partial charge in [0.2, 0.25) is 5.09 Å². The van der Waals surface area contributed by atoms with E-state index < -0.39 is 33.0 Å². The molecule has 1 aromatic heterocycles. The third-order valence-electron chi connectivity index (χ3n) is 3.31. The predicted octanol–water partition coefficient (Wildman–Crippen LogP) is 0.0947. The maximum absolute atomic E-state index is 12.4. The van der Waals surface area contributed by atoms with Gasteiger partial charge in [0.25, 0.3) is 15.9 Å². The number of ether oxygens (including phenoxy) is 1. The Morgan fingerprint density at radius 1 is 1.38 bits per heavy atom. The monoisotopic (exact) mass is 316 g/mol. The molecule has 1 atom stereocenters. The normalized spacial score (nSPS) is 19.3. The summed E-state index contributed by atoms with van der Waals surface area (Å²) in [6.45, 7) is 0.379. The van der Waals surface area contributed by atoms with Crippen LogP contribution in [0.3, 0.4) is 0 Å². The molecule has 1 amide bonds. The van der Waals surface area contributed by atoms with Crippen LogP contribution in [0.15, 0.2) is 21.6 Å². The van der Waals surface area contributed by atoms with Gasteiger partial charge in [0.15, 0.2) is 5.76 Å². The highest BCUT2D eigenvalue weighted by atomic mass is 32.2. The molecule has 116 valence electrons. The van der Waals surface area contributed by atoms with Crippen molar-refractivity contribution in [2.45, 2.75) is 30.4 Å². The summed E-state index contributed by atoms with van der Waals surface area (Å²) >= 11 is 0. The van der Waals surface area contributed by atoms with Gasteiger partial charge in [-0.25, -0.2) is 18.4 Å². The number of esters is 1. The first-order valence-corrected chi connectivity index (χ1v) is 7.90. The van der Waals surface area contributed by atoms with Gasteiger partial charge in [-0.3, -0.25) is 4.79 Å². The minimum Gasteiger partial charge on any atom is -0.467 e. The van der Waals surface area contributed by atoms with E-state index in [4.69, 9.17) is 9.56 Å². The molecular formula is C12H16N2O6S. The van der Waals surface area contributed by atoms with E-state index in [9.17, 15) is 18.0 Å². The Balaban J connectivity index is 2.25. The lowest BCUT2D eigenvalue weighted by atomic mass is 10.0. The molecule has 0 aliphatic carbocycles. The number of piperidine rings is 1. The van der Waals surface area contributed by atoms with Gasteiger partial charge in [-0.15, -0.1) is 0 Å². The van der Waals surface area contributed by atoms with Crippen LogP contribution in [0.25, 0.3) is 0 Å². The molecule has 0 saturated carbocycles. The van der Waals surface area contributed by atoms with E-state index in [-0.39, 0.29) is 5.76 Å². The average molecular weight is 316 g/mol. The Morgan fingerprint density at radius 3 is 2.67 bits per heavy atom. The summed E-state index contributed by atoms with van der Waals surface area (Å²) < 4.78 is 32.0. The van der Waals surface area contributed by atoms with E-state index in [1.54, 1.807) is 0 Å². The molecule has 0 aromatic carbocycles. The second-order valence-corrected chi connectivity index (χ2v) is 6.19. The lowest BCUT2D eigenvalue weighted by Gasteiger charge is -2.33. The summed E-state index contributed by atoms with van der Waals surface area (Å²) in [6.07, 6.45) is 2.06. The highest BCUT2D eigenvalue weighted by Crippen LogP contribution is 2.22. The molecule has 1 fully saturated rings. The maximum atomic E-state index is 12.4. The largest absolute Gasteiger partial charge is 0.467 e. The SMILES string of the molecule is COC(=O)C1CCCCN1C(=O)c1ccc(S(N)(=O)=O)o1. The molecule has 2 N–H and O–H groups in total. The van der Waals surface area contributed by atoms with Crippen LogP contribution in [-0.4, -0.2) is 44.9 Å². The number of hydrogen-bond donors (Lipinski definition) is 1. The van der Waals surface area contributed by atoms with Gasteiger partial charge in [0.1, 0.15) is 6.04 Å². The third-order valence-corrected chi connectivity index (χ3v) is 4.09. The summed E-state index contributed by atoms with van der Waals surface area (Å²) in [5.74, 6) is -1.23. The highest BCUT2D eigenvalue weighted by Gasteiger charge is 2.34. The van der Waals surface area contributed by atoms with E-state index in [1.165, 1.54) is 18.1 Å². The lowest BCUT2D eigenvalue weighted by molar-refractivity contribution is -0.147. The summed E-state index contributed by atoms with van der Waals surface area (Å²) in [4.78, 5) is 25.4. The van der Waals surface area contributed by atoms with E-state index >= 15 is 0 Å². The second-order valence-electron chi connectivity index (χ2n) is 4.70. The van der Waals surface area contributed by atoms with Gasteiger partial charge in [0.05, 0.1) is 7.11 Å². The van der Waals surface area contributed by atoms with Gasteiger partial charge >= 0.3 is 5.97 Å². The van der Waals surface area contributed by atoms with Crippen molar-refractivity contribution in [3.05, 3.63) is 17.9 Å². The first kappa shape index (κ1) is 15.5. The highest BCUT2D eigenvalue weighted by molar-refractivity contribution is 7.89. The lowest BCUT2D eigenvalue weighted by Crippen LogP contribution is -2.48. The molecular weight excluding hydrogens is 300 g/mol. The van der Waals surface area contributed by atoms with Crippen LogP contribution in [0.1, 0.15) is 29.8 Å². The number of carbonyl (C=O) groups is 2. The van der Waals surface area contributed by atoms with E-state index in [1.807, 2.05) is 0 Å². The van der Waals surface area contributed by atoms with Gasteiger partial charge in [-0.1, -0.05) is 0 Å². The third kappa shape index (κ3) is 3.24. The smallest absolute Gasteiger partial charge is 0.328 e. The Hall–Kier alpha value is -1.87. The average Bonchev–Trinajstić information content (AvgIpc) is 2.95. The Labute approximate surface area is 121 Å². The fourth-order valence-corrected chi connectivity index (χ4v) is 2.75. The van der Waals surface area contributed by atoms with Crippen LogP contribution < -0.4 is 5.14 Å². The number of carbonyl (C=O) groups excluding carboxylic acids is 2. The number of likely N-dealkylation sites (tertiary alicyclic amines) is 1. The topological polar surface area (TPSA) is 120 Å². The van der Waals surface area contributed by atoms with Gasteiger partial charge in [-0.2, -0.15) is 0 Å². The number of sulfonamides is 1. The molecule has 0 spiro atoms. The van der Waals surface area contributed by atoms with Crippen molar-refractivity contribution in [1.29, 1.82) is 0 Å². The Kier molecular flexibility index (Phi) is 4.33. The van der Waals surface area contributed by atoms with E-state index in [2.05, 4.69) is 4.74 Å². The van der Waals surface area contributed by atoms with Crippen LogP contribution in [0, 0.1) is 0 Å². The Bertz CT molecular complexity index is 650. The van der Waals surface area contributed by atoms with Crippen molar-refractivity contribution in [1.82, 2.24) is 4.90 Å². The Morgan fingerprint density at radius 2 is 2.10 bits per heavy atom. The minimum atomic E-state index is -4.01. The number of methoxy groups -OCH3 is 1. The zero-order chi connectivity index (χ0) is 15.6. The van der Waals surface area contributed by atoms with Crippen LogP contribution in [0.4, 0.5) is 0 Å². The second kappa shape index (κ2) is 5.86. The van der Waals surface area contributed by atoms with Crippen LogP contribution in [-0.2, 0) is 19.6 Å². The van der Waals surface area contributed by atoms with E-state index in [0.29, 0.717) is 13.0 Å². The molecule has 21 heavy (non-hydrogen) atoms. The molecule has 8 nitrogen and oxygen atoms in total. The van der Waals surface area contributed by atoms with Gasteiger partial charge in [-0.05, 0) is 31.4 Å². The number of furan rings is 1. The quantitative estimate of drug-likeness (QED) is 0.789. The van der Waals surface area contributed by atoms with Crippen LogP contribution in [0.5, 0.6) is 0 Å². The van der Waals surface area contributed by atoms with Crippen molar-refractivity contribution in [3.63, 3.8) is 0 Å². The molecule has 1 aliphatic rings. The van der Waals surface area contributed by atoms with Crippen molar-refractivity contribution in [2.24, 2.45) is 5.14 Å². The first-order valence-electron chi connectivity index (χ1n) is 6.36.